The van der Waals surface area contributed by atoms with Crippen LogP contribution in [0.4, 0.5) is 0 Å². The molecular formula is C66H118O9. The lowest BCUT2D eigenvalue weighted by atomic mass is 10.1. The summed E-state index contributed by atoms with van der Waals surface area (Å²) < 4.78 is 57.3. The van der Waals surface area contributed by atoms with Crippen LogP contribution >= 0.6 is 0 Å². The molecule has 0 aliphatic carbocycles. The third-order valence-electron chi connectivity index (χ3n) is 14.1. The van der Waals surface area contributed by atoms with Gasteiger partial charge in [-0.15, -0.1) is 0 Å². The van der Waals surface area contributed by atoms with E-state index in [1.54, 1.807) is 0 Å². The van der Waals surface area contributed by atoms with Crippen LogP contribution in [0.3, 0.4) is 0 Å². The fourth-order valence-corrected chi connectivity index (χ4v) is 9.24. The topological polar surface area (TPSA) is 83.1 Å². The van der Waals surface area contributed by atoms with Crippen molar-refractivity contribution in [2.24, 2.45) is 0 Å². The van der Waals surface area contributed by atoms with Crippen molar-refractivity contribution in [2.75, 3.05) is 39.6 Å². The molecular weight excluding hydrogens is 937 g/mol. The maximum Gasteiger partial charge on any atom is 0.275 e. The van der Waals surface area contributed by atoms with Crippen molar-refractivity contribution in [1.82, 2.24) is 0 Å². The van der Waals surface area contributed by atoms with Crippen LogP contribution < -0.4 is 0 Å². The molecule has 0 saturated heterocycles. The monoisotopic (exact) mass is 1050 g/mol. The van der Waals surface area contributed by atoms with E-state index in [4.69, 9.17) is 42.6 Å². The minimum atomic E-state index is -0.989. The molecule has 2 unspecified atom stereocenters. The Bertz CT molecular complexity index is 1240. The lowest BCUT2D eigenvalue weighted by Gasteiger charge is -2.25. The largest absolute Gasteiger partial charge is 0.353 e. The summed E-state index contributed by atoms with van der Waals surface area (Å²) in [7, 11) is 0. The van der Waals surface area contributed by atoms with Crippen molar-refractivity contribution in [3.63, 3.8) is 0 Å². The van der Waals surface area contributed by atoms with E-state index in [2.05, 4.69) is 27.7 Å². The number of hydrogen-bond acceptors (Lipinski definition) is 9. The van der Waals surface area contributed by atoms with Crippen LogP contribution in [0, 0.1) is 0 Å². The summed E-state index contributed by atoms with van der Waals surface area (Å²) in [4.78, 5) is 0. The average molecular weight is 1060 g/mol. The first-order chi connectivity index (χ1) is 37.2. The van der Waals surface area contributed by atoms with Gasteiger partial charge in [-0.1, -0.05) is 268 Å². The number of rotatable bonds is 60. The Balaban J connectivity index is 1.97. The first-order valence-corrected chi connectivity index (χ1v) is 31.8. The zero-order valence-electron chi connectivity index (χ0n) is 49.3. The molecule has 0 fully saturated rings. The van der Waals surface area contributed by atoms with Gasteiger partial charge in [0.2, 0.25) is 0 Å². The van der Waals surface area contributed by atoms with E-state index in [0.717, 1.165) is 102 Å². The second kappa shape index (κ2) is 55.4. The van der Waals surface area contributed by atoms with Crippen LogP contribution in [0.2, 0.25) is 0 Å². The molecule has 436 valence electrons. The molecule has 0 radical (unpaired) electrons. The van der Waals surface area contributed by atoms with Gasteiger partial charge >= 0.3 is 0 Å². The Morgan fingerprint density at radius 2 is 0.493 bits per heavy atom. The zero-order valence-corrected chi connectivity index (χ0v) is 49.3. The van der Waals surface area contributed by atoms with Crippen LogP contribution in [-0.2, 0) is 55.8 Å². The summed E-state index contributed by atoms with van der Waals surface area (Å²) in [5, 5.41) is 0. The second-order valence-electron chi connectivity index (χ2n) is 21.3. The number of ether oxygens (including phenoxy) is 9. The SMILES string of the molecule is CCCCCCCCCCOC(CCCCOC(OCc1ccccc1)OC(OCCCCC(OCCCCCCCCCC)OCCCCCCCCCC)OCc1ccccc1)OCCCCCCCCCC. The van der Waals surface area contributed by atoms with Crippen molar-refractivity contribution in [3.05, 3.63) is 71.8 Å². The van der Waals surface area contributed by atoms with E-state index < -0.39 is 13.0 Å². The smallest absolute Gasteiger partial charge is 0.275 e. The van der Waals surface area contributed by atoms with Crippen LogP contribution in [0.15, 0.2) is 60.7 Å². The maximum absolute atomic E-state index is 6.41. The highest BCUT2D eigenvalue weighted by atomic mass is 16.9. The minimum Gasteiger partial charge on any atom is -0.353 e. The zero-order chi connectivity index (χ0) is 53.4. The Morgan fingerprint density at radius 3 is 0.773 bits per heavy atom. The van der Waals surface area contributed by atoms with Crippen molar-refractivity contribution in [1.29, 1.82) is 0 Å². The van der Waals surface area contributed by atoms with Crippen molar-refractivity contribution < 1.29 is 42.6 Å². The van der Waals surface area contributed by atoms with E-state index in [1.165, 1.54) is 180 Å². The van der Waals surface area contributed by atoms with Gasteiger partial charge in [-0.25, -0.2) is 0 Å². The molecule has 0 aliphatic rings. The summed E-state index contributed by atoms with van der Waals surface area (Å²) in [6, 6.07) is 20.3. The van der Waals surface area contributed by atoms with E-state index in [-0.39, 0.29) is 12.6 Å². The van der Waals surface area contributed by atoms with Gasteiger partial charge in [-0.05, 0) is 75.3 Å². The first kappa shape index (κ1) is 69.2. The Hall–Kier alpha value is -1.92. The molecule has 2 rings (SSSR count). The van der Waals surface area contributed by atoms with Gasteiger partial charge in [-0.2, -0.15) is 0 Å². The van der Waals surface area contributed by atoms with Crippen LogP contribution in [0.25, 0.3) is 0 Å². The quantitative estimate of drug-likeness (QED) is 0.0475. The molecule has 0 amide bonds. The van der Waals surface area contributed by atoms with Gasteiger partial charge in [0.25, 0.3) is 13.0 Å². The normalized spacial score (nSPS) is 12.7. The highest BCUT2D eigenvalue weighted by molar-refractivity contribution is 5.14. The molecule has 9 nitrogen and oxygen atoms in total. The third-order valence-corrected chi connectivity index (χ3v) is 14.1. The van der Waals surface area contributed by atoms with Gasteiger partial charge in [0, 0.05) is 26.4 Å². The summed E-state index contributed by atoms with van der Waals surface area (Å²) in [5.74, 6) is 0. The molecule has 0 N–H and O–H groups in total. The maximum atomic E-state index is 6.41. The summed E-state index contributed by atoms with van der Waals surface area (Å²) >= 11 is 0. The lowest BCUT2D eigenvalue weighted by molar-refractivity contribution is -0.403. The molecule has 2 atom stereocenters. The second-order valence-corrected chi connectivity index (χ2v) is 21.3. The van der Waals surface area contributed by atoms with Gasteiger partial charge in [0.05, 0.1) is 26.4 Å². The van der Waals surface area contributed by atoms with E-state index in [0.29, 0.717) is 26.4 Å². The molecule has 0 saturated carbocycles. The van der Waals surface area contributed by atoms with E-state index in [9.17, 15) is 0 Å². The molecule has 0 aliphatic heterocycles. The number of hydrogen-bond donors (Lipinski definition) is 0. The lowest BCUT2D eigenvalue weighted by Crippen LogP contribution is -2.31. The number of benzene rings is 2. The summed E-state index contributed by atoms with van der Waals surface area (Å²) in [6.45, 7) is 11.7. The van der Waals surface area contributed by atoms with Crippen molar-refractivity contribution >= 4 is 0 Å². The molecule has 75 heavy (non-hydrogen) atoms. The van der Waals surface area contributed by atoms with Gasteiger partial charge in [-0.3, -0.25) is 4.74 Å². The minimum absolute atomic E-state index is 0.192. The van der Waals surface area contributed by atoms with Crippen molar-refractivity contribution in [3.8, 4) is 0 Å². The first-order valence-electron chi connectivity index (χ1n) is 31.8. The highest BCUT2D eigenvalue weighted by Gasteiger charge is 2.21. The predicted octanol–water partition coefficient (Wildman–Crippen LogP) is 19.7. The van der Waals surface area contributed by atoms with Gasteiger partial charge in [0.15, 0.2) is 12.6 Å². The molecule has 2 aromatic rings. The fourth-order valence-electron chi connectivity index (χ4n) is 9.24. The molecule has 0 heterocycles. The summed E-state index contributed by atoms with van der Waals surface area (Å²) in [6.07, 6.45) is 45.9. The Morgan fingerprint density at radius 1 is 0.253 bits per heavy atom. The summed E-state index contributed by atoms with van der Waals surface area (Å²) in [5.41, 5.74) is 2.07. The molecule has 0 bridgehead atoms. The molecule has 2 aromatic carbocycles. The Labute approximate surface area is 462 Å². The van der Waals surface area contributed by atoms with Crippen LogP contribution in [0.5, 0.6) is 0 Å². The van der Waals surface area contributed by atoms with Gasteiger partial charge in [0.1, 0.15) is 0 Å². The highest BCUT2D eigenvalue weighted by Crippen LogP contribution is 2.19. The van der Waals surface area contributed by atoms with Crippen LogP contribution in [0.1, 0.15) is 283 Å². The number of unbranched alkanes of at least 4 members (excludes halogenated alkanes) is 30. The molecule has 0 spiro atoms. The van der Waals surface area contributed by atoms with Crippen LogP contribution in [-0.4, -0.2) is 65.2 Å². The predicted molar refractivity (Wildman–Crippen MR) is 313 cm³/mol. The van der Waals surface area contributed by atoms with Gasteiger partial charge < -0.3 is 37.9 Å². The third kappa shape index (κ3) is 45.6. The Kier molecular flexibility index (Phi) is 51.1. The fraction of sp³-hybridized carbons (Fsp3) is 0.818. The standard InChI is InChI=1S/C66H118O9/c1-5-9-13-17-21-25-29-41-53-67-63(68-54-42-30-26-22-18-14-10-6-2)51-39-45-57-71-65(73-59-61-47-35-33-36-48-61)75-66(74-60-62-49-37-34-38-50-62)72-58-46-40-52-64(69-55-43-31-27-23-19-15-11-7-3)70-56-44-32-28-24-20-16-12-8-4/h33-38,47-50,63-66H,5-32,39-46,51-60H2,1-4H3. The molecule has 9 heteroatoms. The van der Waals surface area contributed by atoms with E-state index >= 15 is 0 Å². The van der Waals surface area contributed by atoms with Crippen molar-refractivity contribution in [2.45, 2.75) is 310 Å². The van der Waals surface area contributed by atoms with E-state index in [1.807, 2.05) is 60.7 Å². The molecule has 0 aromatic heterocycles. The average Bonchev–Trinajstić information content (AvgIpc) is 3.43.